The van der Waals surface area contributed by atoms with Crippen LogP contribution >= 0.6 is 0 Å². The van der Waals surface area contributed by atoms with Crippen molar-refractivity contribution >= 4 is 11.6 Å². The average molecular weight is 139 g/mol. The molecule has 0 spiro atoms. The van der Waals surface area contributed by atoms with E-state index in [-0.39, 0.29) is 5.70 Å². The maximum absolute atomic E-state index is 10.6. The van der Waals surface area contributed by atoms with Crippen LogP contribution in [0.4, 0.5) is 0 Å². The van der Waals surface area contributed by atoms with Gasteiger partial charge in [0.25, 0.3) is 0 Å². The van der Waals surface area contributed by atoms with Gasteiger partial charge in [0.05, 0.1) is 5.70 Å². The molecule has 4 nitrogen and oxygen atoms in total. The molecule has 0 saturated carbocycles. The maximum atomic E-state index is 10.6. The molecule has 0 unspecified atom stereocenters. The molecule has 0 bridgehead atoms. The molecule has 0 atom stereocenters. The van der Waals surface area contributed by atoms with Gasteiger partial charge in [0, 0.05) is 12.2 Å². The van der Waals surface area contributed by atoms with E-state index in [9.17, 15) is 9.59 Å². The van der Waals surface area contributed by atoms with Crippen LogP contribution in [0.5, 0.6) is 0 Å². The number of ketones is 2. The first kappa shape index (κ1) is 6.54. The number of rotatable bonds is 0. The maximum Gasteiger partial charge on any atom is 0.222 e. The summed E-state index contributed by atoms with van der Waals surface area (Å²) < 4.78 is 0. The normalized spacial score (nSPS) is 18.4. The molecule has 10 heavy (non-hydrogen) atoms. The third-order valence-corrected chi connectivity index (χ3v) is 1.09. The van der Waals surface area contributed by atoms with Crippen LogP contribution in [0.3, 0.4) is 0 Å². The van der Waals surface area contributed by atoms with Crippen LogP contribution < -0.4 is 5.73 Å². The summed E-state index contributed by atoms with van der Waals surface area (Å²) in [6.07, 6.45) is 1.70. The number of hydrogen-bond acceptors (Lipinski definition) is 4. The molecule has 0 amide bonds. The van der Waals surface area contributed by atoms with Gasteiger partial charge in [0.2, 0.25) is 11.6 Å². The smallest absolute Gasteiger partial charge is 0.222 e. The Bertz CT molecular complexity index is 234. The predicted octanol–water partition coefficient (Wildman–Crippen LogP) is -0.577. The van der Waals surface area contributed by atoms with Gasteiger partial charge in [-0.1, -0.05) is 0 Å². The first-order chi connectivity index (χ1) is 4.61. The zero-order valence-electron chi connectivity index (χ0n) is 5.00. The van der Waals surface area contributed by atoms with E-state index in [1.54, 1.807) is 0 Å². The number of aliphatic hydroxyl groups excluding tert-OH is 1. The minimum absolute atomic E-state index is 0.136. The number of carbonyl (C=O) groups excluding carboxylic acids is 2. The second kappa shape index (κ2) is 1.98. The Balaban J connectivity index is 3.03. The van der Waals surface area contributed by atoms with E-state index >= 15 is 0 Å². The molecule has 0 radical (unpaired) electrons. The van der Waals surface area contributed by atoms with Crippen molar-refractivity contribution in [3.05, 3.63) is 23.6 Å². The Kier molecular flexibility index (Phi) is 1.30. The SMILES string of the molecule is NC1=CC(=O)C(O)=CC1=O. The molecule has 4 heteroatoms. The summed E-state index contributed by atoms with van der Waals surface area (Å²) in [6.45, 7) is 0. The van der Waals surface area contributed by atoms with Crippen molar-refractivity contribution in [3.63, 3.8) is 0 Å². The molecule has 0 aliphatic heterocycles. The van der Waals surface area contributed by atoms with Crippen LogP contribution in [0.25, 0.3) is 0 Å². The van der Waals surface area contributed by atoms with E-state index in [0.29, 0.717) is 0 Å². The van der Waals surface area contributed by atoms with Crippen molar-refractivity contribution in [1.82, 2.24) is 0 Å². The highest BCUT2D eigenvalue weighted by atomic mass is 16.3. The van der Waals surface area contributed by atoms with Gasteiger partial charge in [0.1, 0.15) is 0 Å². The number of nitrogens with two attached hydrogens (primary N) is 1. The van der Waals surface area contributed by atoms with Crippen molar-refractivity contribution in [2.75, 3.05) is 0 Å². The highest BCUT2D eigenvalue weighted by Gasteiger charge is 2.16. The van der Waals surface area contributed by atoms with Crippen LogP contribution in [0.15, 0.2) is 23.6 Å². The lowest BCUT2D eigenvalue weighted by Crippen LogP contribution is -2.17. The molecule has 0 aromatic carbocycles. The predicted molar refractivity (Wildman–Crippen MR) is 33.0 cm³/mol. The summed E-state index contributed by atoms with van der Waals surface area (Å²) in [5.74, 6) is -1.71. The summed E-state index contributed by atoms with van der Waals surface area (Å²) >= 11 is 0. The van der Waals surface area contributed by atoms with Gasteiger partial charge in [0.15, 0.2) is 5.76 Å². The van der Waals surface area contributed by atoms with Crippen LogP contribution in [-0.2, 0) is 9.59 Å². The van der Waals surface area contributed by atoms with E-state index in [1.165, 1.54) is 0 Å². The van der Waals surface area contributed by atoms with Crippen molar-refractivity contribution < 1.29 is 14.7 Å². The monoisotopic (exact) mass is 139 g/mol. The van der Waals surface area contributed by atoms with Gasteiger partial charge in [-0.2, -0.15) is 0 Å². The van der Waals surface area contributed by atoms with Gasteiger partial charge in [-0.15, -0.1) is 0 Å². The van der Waals surface area contributed by atoms with Gasteiger partial charge in [-0.25, -0.2) is 0 Å². The Hall–Kier alpha value is -1.58. The standard InChI is InChI=1S/C6H5NO3/c7-3-1-5(9)6(10)2-4(3)8/h1-2,10H,7H2. The Morgan fingerprint density at radius 1 is 1.20 bits per heavy atom. The molecular formula is C6H5NO3. The number of allylic oxidation sites excluding steroid dienone is 2. The largest absolute Gasteiger partial charge is 0.504 e. The van der Waals surface area contributed by atoms with E-state index in [2.05, 4.69) is 0 Å². The Morgan fingerprint density at radius 3 is 2.30 bits per heavy atom. The molecule has 0 heterocycles. The minimum Gasteiger partial charge on any atom is -0.504 e. The van der Waals surface area contributed by atoms with Crippen molar-refractivity contribution in [1.29, 1.82) is 0 Å². The number of carbonyl (C=O) groups is 2. The van der Waals surface area contributed by atoms with E-state index in [1.807, 2.05) is 0 Å². The van der Waals surface area contributed by atoms with Gasteiger partial charge in [-0.3, -0.25) is 9.59 Å². The van der Waals surface area contributed by atoms with Gasteiger partial charge >= 0.3 is 0 Å². The third kappa shape index (κ3) is 0.907. The fourth-order valence-electron chi connectivity index (χ4n) is 0.565. The lowest BCUT2D eigenvalue weighted by Gasteiger charge is -2.01. The third-order valence-electron chi connectivity index (χ3n) is 1.09. The van der Waals surface area contributed by atoms with E-state index < -0.39 is 17.3 Å². The number of hydrogen-bond donors (Lipinski definition) is 2. The van der Waals surface area contributed by atoms with Crippen molar-refractivity contribution in [2.24, 2.45) is 5.73 Å². The summed E-state index contributed by atoms with van der Waals surface area (Å²) in [4.78, 5) is 21.1. The van der Waals surface area contributed by atoms with E-state index in [4.69, 9.17) is 10.8 Å². The first-order valence-corrected chi connectivity index (χ1v) is 2.58. The lowest BCUT2D eigenvalue weighted by molar-refractivity contribution is -0.116. The molecule has 3 N–H and O–H groups in total. The van der Waals surface area contributed by atoms with Gasteiger partial charge in [-0.05, 0) is 0 Å². The van der Waals surface area contributed by atoms with Gasteiger partial charge < -0.3 is 10.8 Å². The van der Waals surface area contributed by atoms with E-state index in [0.717, 1.165) is 12.2 Å². The van der Waals surface area contributed by atoms with Crippen LogP contribution in [0.2, 0.25) is 0 Å². The second-order valence-corrected chi connectivity index (χ2v) is 1.86. The average Bonchev–Trinajstić information content (AvgIpc) is 1.84. The summed E-state index contributed by atoms with van der Waals surface area (Å²) in [7, 11) is 0. The fraction of sp³-hybridized carbons (Fsp3) is 0. The highest BCUT2D eigenvalue weighted by molar-refractivity contribution is 6.18. The zero-order chi connectivity index (χ0) is 7.72. The topological polar surface area (TPSA) is 80.4 Å². The quantitative estimate of drug-likeness (QED) is 0.440. The Labute approximate surface area is 56.6 Å². The van der Waals surface area contributed by atoms with Crippen molar-refractivity contribution in [2.45, 2.75) is 0 Å². The molecule has 1 aliphatic carbocycles. The molecule has 0 aromatic heterocycles. The van der Waals surface area contributed by atoms with Crippen LogP contribution in [0.1, 0.15) is 0 Å². The first-order valence-electron chi connectivity index (χ1n) is 2.58. The summed E-state index contributed by atoms with van der Waals surface area (Å²) in [6, 6.07) is 0. The van der Waals surface area contributed by atoms with Crippen molar-refractivity contribution in [3.8, 4) is 0 Å². The summed E-state index contributed by atoms with van der Waals surface area (Å²) in [5, 5.41) is 8.66. The molecule has 52 valence electrons. The molecule has 0 aromatic rings. The lowest BCUT2D eigenvalue weighted by atomic mass is 10.1. The van der Waals surface area contributed by atoms with Crippen LogP contribution in [0, 0.1) is 0 Å². The fourth-order valence-corrected chi connectivity index (χ4v) is 0.565. The molecule has 1 aliphatic rings. The highest BCUT2D eigenvalue weighted by Crippen LogP contribution is 2.04. The minimum atomic E-state index is -0.628. The zero-order valence-corrected chi connectivity index (χ0v) is 5.00. The second-order valence-electron chi connectivity index (χ2n) is 1.86. The molecular weight excluding hydrogens is 134 g/mol. The molecule has 0 saturated heterocycles. The Morgan fingerprint density at radius 2 is 1.80 bits per heavy atom. The number of aliphatic hydroxyl groups is 1. The molecule has 0 fully saturated rings. The van der Waals surface area contributed by atoms with Crippen LogP contribution in [-0.4, -0.2) is 16.7 Å². The molecule has 1 rings (SSSR count). The summed E-state index contributed by atoms with van der Waals surface area (Å²) in [5.41, 5.74) is 4.93.